The first-order chi connectivity index (χ1) is 5.61. The minimum Gasteiger partial charge on any atom is -0.383 e. The van der Waals surface area contributed by atoms with Crippen LogP contribution in [0.4, 0.5) is 0 Å². The molecule has 7 heteroatoms. The number of aliphatic hydroxyl groups excluding tert-OH is 1. The lowest BCUT2D eigenvalue weighted by Crippen LogP contribution is -2.33. The van der Waals surface area contributed by atoms with Gasteiger partial charge >= 0.3 is 0 Å². The average molecular weight is 178 g/mol. The third kappa shape index (κ3) is 3.86. The first-order valence-corrected chi connectivity index (χ1v) is 3.16. The van der Waals surface area contributed by atoms with Crippen LogP contribution >= 0.6 is 0 Å². The van der Waals surface area contributed by atoms with E-state index in [1.807, 2.05) is 0 Å². The zero-order chi connectivity index (χ0) is 9.56. The van der Waals surface area contributed by atoms with Crippen molar-refractivity contribution in [3.8, 4) is 0 Å². The van der Waals surface area contributed by atoms with E-state index in [2.05, 4.69) is 0 Å². The summed E-state index contributed by atoms with van der Waals surface area (Å²) in [6, 6.07) is 0. The molecule has 0 aliphatic carbocycles. The number of hydroxylamine groups is 2. The van der Waals surface area contributed by atoms with Crippen LogP contribution in [-0.4, -0.2) is 33.4 Å². The molecular formula is C5H10N2O5. The topological polar surface area (TPSA) is 119 Å². The quantitative estimate of drug-likeness (QED) is 0.255. The van der Waals surface area contributed by atoms with Crippen molar-refractivity contribution in [1.29, 1.82) is 0 Å². The van der Waals surface area contributed by atoms with Crippen LogP contribution in [0.25, 0.3) is 0 Å². The third-order valence-electron chi connectivity index (χ3n) is 1.18. The minimum atomic E-state index is -1.45. The van der Waals surface area contributed by atoms with E-state index < -0.39 is 17.9 Å². The zero-order valence-corrected chi connectivity index (χ0v) is 6.15. The Morgan fingerprint density at radius 1 is 1.25 bits per heavy atom. The summed E-state index contributed by atoms with van der Waals surface area (Å²) in [6.45, 7) is 0. The lowest BCUT2D eigenvalue weighted by Gasteiger charge is -2.06. The normalized spacial score (nSPS) is 11.9. The van der Waals surface area contributed by atoms with Gasteiger partial charge in [0, 0.05) is 6.42 Å². The highest BCUT2D eigenvalue weighted by Gasteiger charge is 2.14. The number of hydrogen-bond acceptors (Lipinski definition) is 5. The first kappa shape index (κ1) is 10.8. The van der Waals surface area contributed by atoms with Gasteiger partial charge in [0.1, 0.15) is 6.10 Å². The summed E-state index contributed by atoms with van der Waals surface area (Å²) in [4.78, 5) is 20.8. The molecule has 0 spiro atoms. The Morgan fingerprint density at radius 3 is 2.25 bits per heavy atom. The Bertz CT molecular complexity index is 171. The SMILES string of the molecule is O=C(CCC(O)C(=O)NO)NO. The molecule has 5 N–H and O–H groups in total. The number of hydrogen-bond donors (Lipinski definition) is 5. The maximum atomic E-state index is 10.4. The fraction of sp³-hybridized carbons (Fsp3) is 0.600. The van der Waals surface area contributed by atoms with Gasteiger partial charge in [-0.1, -0.05) is 0 Å². The molecule has 0 rings (SSSR count). The van der Waals surface area contributed by atoms with Crippen molar-refractivity contribution in [3.05, 3.63) is 0 Å². The number of rotatable bonds is 4. The van der Waals surface area contributed by atoms with Crippen LogP contribution in [-0.2, 0) is 9.59 Å². The van der Waals surface area contributed by atoms with Crippen molar-refractivity contribution in [2.45, 2.75) is 18.9 Å². The molecule has 70 valence electrons. The van der Waals surface area contributed by atoms with Crippen LogP contribution in [0.5, 0.6) is 0 Å². The molecule has 0 saturated heterocycles. The summed E-state index contributed by atoms with van der Waals surface area (Å²) in [5, 5.41) is 24.9. The summed E-state index contributed by atoms with van der Waals surface area (Å²) in [7, 11) is 0. The molecular weight excluding hydrogens is 168 g/mol. The lowest BCUT2D eigenvalue weighted by atomic mass is 10.2. The summed E-state index contributed by atoms with van der Waals surface area (Å²) in [5.41, 5.74) is 2.56. The van der Waals surface area contributed by atoms with Gasteiger partial charge in [-0.05, 0) is 6.42 Å². The van der Waals surface area contributed by atoms with Gasteiger partial charge in [-0.25, -0.2) is 11.0 Å². The minimum absolute atomic E-state index is 0.168. The largest absolute Gasteiger partial charge is 0.383 e. The molecule has 0 aromatic heterocycles. The number of nitrogens with one attached hydrogen (secondary N) is 2. The van der Waals surface area contributed by atoms with Crippen LogP contribution < -0.4 is 11.0 Å². The average Bonchev–Trinajstić information content (AvgIpc) is 2.11. The number of amides is 2. The highest BCUT2D eigenvalue weighted by molar-refractivity contribution is 5.80. The summed E-state index contributed by atoms with van der Waals surface area (Å²) in [5.74, 6) is -1.69. The predicted molar refractivity (Wildman–Crippen MR) is 35.1 cm³/mol. The molecule has 0 aliphatic heterocycles. The van der Waals surface area contributed by atoms with Gasteiger partial charge in [0.25, 0.3) is 5.91 Å². The molecule has 0 aliphatic rings. The molecule has 12 heavy (non-hydrogen) atoms. The number of carbonyl (C=O) groups excluding carboxylic acids is 2. The van der Waals surface area contributed by atoms with Crippen LogP contribution in [0.3, 0.4) is 0 Å². The summed E-state index contributed by atoms with van der Waals surface area (Å²) < 4.78 is 0. The number of aliphatic hydroxyl groups is 1. The second-order valence-electron chi connectivity index (χ2n) is 2.07. The number of carbonyl (C=O) groups is 2. The van der Waals surface area contributed by atoms with E-state index in [1.165, 1.54) is 11.0 Å². The smallest absolute Gasteiger partial charge is 0.272 e. The molecule has 0 radical (unpaired) electrons. The van der Waals surface area contributed by atoms with Gasteiger partial charge in [0.05, 0.1) is 0 Å². The lowest BCUT2D eigenvalue weighted by molar-refractivity contribution is -0.139. The van der Waals surface area contributed by atoms with Gasteiger partial charge in [0.15, 0.2) is 0 Å². The molecule has 1 unspecified atom stereocenters. The Kier molecular flexibility index (Phi) is 4.93. The van der Waals surface area contributed by atoms with E-state index in [4.69, 9.17) is 15.5 Å². The molecule has 0 fully saturated rings. The van der Waals surface area contributed by atoms with Crippen molar-refractivity contribution in [3.63, 3.8) is 0 Å². The first-order valence-electron chi connectivity index (χ1n) is 3.16. The van der Waals surface area contributed by atoms with Crippen LogP contribution in [0, 0.1) is 0 Å². The van der Waals surface area contributed by atoms with E-state index >= 15 is 0 Å². The Hall–Kier alpha value is -1.18. The van der Waals surface area contributed by atoms with Crippen molar-refractivity contribution >= 4 is 11.8 Å². The maximum absolute atomic E-state index is 10.4. The predicted octanol–water partition coefficient (Wildman–Crippen LogP) is -1.86. The molecule has 1 atom stereocenters. The monoisotopic (exact) mass is 178 g/mol. The fourth-order valence-electron chi connectivity index (χ4n) is 0.529. The molecule has 0 aromatic carbocycles. The van der Waals surface area contributed by atoms with E-state index in [-0.39, 0.29) is 12.8 Å². The van der Waals surface area contributed by atoms with Gasteiger partial charge < -0.3 is 5.11 Å². The second-order valence-corrected chi connectivity index (χ2v) is 2.07. The van der Waals surface area contributed by atoms with Crippen molar-refractivity contribution < 1.29 is 25.1 Å². The van der Waals surface area contributed by atoms with E-state index in [1.54, 1.807) is 0 Å². The van der Waals surface area contributed by atoms with Crippen molar-refractivity contribution in [2.24, 2.45) is 0 Å². The zero-order valence-electron chi connectivity index (χ0n) is 6.15. The Morgan fingerprint density at radius 2 is 1.83 bits per heavy atom. The van der Waals surface area contributed by atoms with Crippen LogP contribution in [0.1, 0.15) is 12.8 Å². The van der Waals surface area contributed by atoms with E-state index in [9.17, 15) is 9.59 Å². The molecule has 0 aromatic rings. The van der Waals surface area contributed by atoms with Crippen LogP contribution in [0.2, 0.25) is 0 Å². The Labute approximate surface area is 67.9 Å². The van der Waals surface area contributed by atoms with Gasteiger partial charge in [-0.15, -0.1) is 0 Å². The molecule has 2 amide bonds. The summed E-state index contributed by atoms with van der Waals surface area (Å²) >= 11 is 0. The molecule has 0 saturated carbocycles. The van der Waals surface area contributed by atoms with Gasteiger partial charge in [-0.2, -0.15) is 0 Å². The van der Waals surface area contributed by atoms with Crippen molar-refractivity contribution in [2.75, 3.05) is 0 Å². The van der Waals surface area contributed by atoms with E-state index in [0.717, 1.165) is 0 Å². The van der Waals surface area contributed by atoms with Gasteiger partial charge in [-0.3, -0.25) is 20.0 Å². The fourth-order valence-corrected chi connectivity index (χ4v) is 0.529. The maximum Gasteiger partial charge on any atom is 0.272 e. The molecule has 0 bridgehead atoms. The second kappa shape index (κ2) is 5.47. The Balaban J connectivity index is 3.63. The highest BCUT2D eigenvalue weighted by Crippen LogP contribution is 1.96. The highest BCUT2D eigenvalue weighted by atomic mass is 16.5. The van der Waals surface area contributed by atoms with Gasteiger partial charge in [0.2, 0.25) is 5.91 Å². The van der Waals surface area contributed by atoms with Crippen molar-refractivity contribution in [1.82, 2.24) is 11.0 Å². The summed E-state index contributed by atoms with van der Waals surface area (Å²) in [6.07, 6.45) is -1.82. The molecule has 0 heterocycles. The molecule has 7 nitrogen and oxygen atoms in total. The van der Waals surface area contributed by atoms with Crippen LogP contribution in [0.15, 0.2) is 0 Å². The van der Waals surface area contributed by atoms with E-state index in [0.29, 0.717) is 0 Å². The third-order valence-corrected chi connectivity index (χ3v) is 1.18. The standard InChI is InChI=1S/C5H10N2O5/c8-3(5(10)7-12)1-2-4(9)6-11/h3,8,11-12H,1-2H2,(H,6,9)(H,7,10).